The van der Waals surface area contributed by atoms with Crippen LogP contribution >= 0.6 is 0 Å². The van der Waals surface area contributed by atoms with Gasteiger partial charge in [-0.15, -0.1) is 0 Å². The molecule has 0 spiro atoms. The Kier molecular flexibility index (Phi) is 5.34. The predicted molar refractivity (Wildman–Crippen MR) is 46.1 cm³/mol. The summed E-state index contributed by atoms with van der Waals surface area (Å²) < 4.78 is 45.3. The van der Waals surface area contributed by atoms with Crippen LogP contribution in [0.2, 0.25) is 0 Å². The molecule has 0 heterocycles. The zero-order chi connectivity index (χ0) is 10.5. The van der Waals surface area contributed by atoms with E-state index >= 15 is 0 Å². The number of nitrogens with one attached hydrogen (secondary N) is 1. The Hall–Kier alpha value is -0.270. The van der Waals surface area contributed by atoms with Crippen LogP contribution < -0.4 is 11.3 Å². The number of nitrogens with two attached hydrogens (primary N) is 1. The van der Waals surface area contributed by atoms with Gasteiger partial charge in [0.15, 0.2) is 0 Å². The molecule has 0 radical (unpaired) electrons. The van der Waals surface area contributed by atoms with Crippen molar-refractivity contribution in [2.24, 2.45) is 5.84 Å². The van der Waals surface area contributed by atoms with Crippen molar-refractivity contribution in [3.8, 4) is 0 Å². The lowest BCUT2D eigenvalue weighted by Gasteiger charge is -2.13. The van der Waals surface area contributed by atoms with E-state index in [1.165, 1.54) is 0 Å². The molecule has 0 aromatic heterocycles. The third-order valence-electron chi connectivity index (χ3n) is 1.55. The lowest BCUT2D eigenvalue weighted by atomic mass is 10.2. The number of sulfone groups is 1. The summed E-state index contributed by atoms with van der Waals surface area (Å²) in [6.07, 6.45) is -1.25. The minimum atomic E-state index is -3.07. The molecule has 13 heavy (non-hydrogen) atoms. The molecule has 1 atom stereocenters. The van der Waals surface area contributed by atoms with Crippen molar-refractivity contribution in [2.75, 3.05) is 12.0 Å². The van der Waals surface area contributed by atoms with Gasteiger partial charge in [0.25, 0.3) is 6.43 Å². The van der Waals surface area contributed by atoms with Crippen molar-refractivity contribution in [1.82, 2.24) is 5.43 Å². The van der Waals surface area contributed by atoms with Crippen LogP contribution in [0.15, 0.2) is 0 Å². The van der Waals surface area contributed by atoms with Gasteiger partial charge in [0, 0.05) is 12.0 Å². The van der Waals surface area contributed by atoms with Crippen LogP contribution in [0.1, 0.15) is 12.8 Å². The molecule has 80 valence electrons. The molecule has 0 aromatic carbocycles. The van der Waals surface area contributed by atoms with E-state index in [0.717, 1.165) is 6.26 Å². The average molecular weight is 216 g/mol. The molecule has 0 aliphatic rings. The van der Waals surface area contributed by atoms with E-state index in [1.807, 2.05) is 5.43 Å². The van der Waals surface area contributed by atoms with Crippen LogP contribution in [-0.4, -0.2) is 32.9 Å². The molecule has 0 amide bonds. The van der Waals surface area contributed by atoms with Gasteiger partial charge in [-0.2, -0.15) is 0 Å². The molecule has 3 N–H and O–H groups in total. The molecule has 1 unspecified atom stereocenters. The van der Waals surface area contributed by atoms with Crippen LogP contribution in [0, 0.1) is 0 Å². The van der Waals surface area contributed by atoms with Gasteiger partial charge in [0.2, 0.25) is 0 Å². The largest absolute Gasteiger partial charge is 0.271 e. The Balaban J connectivity index is 3.74. The Labute approximate surface area is 76.4 Å². The molecule has 0 saturated carbocycles. The smallest absolute Gasteiger partial charge is 0.255 e. The molecule has 0 aromatic rings. The monoisotopic (exact) mass is 216 g/mol. The minimum absolute atomic E-state index is 0.0568. The van der Waals surface area contributed by atoms with Crippen molar-refractivity contribution < 1.29 is 17.2 Å². The van der Waals surface area contributed by atoms with Crippen LogP contribution in [0.5, 0.6) is 0 Å². The highest BCUT2D eigenvalue weighted by Gasteiger charge is 2.18. The van der Waals surface area contributed by atoms with Crippen LogP contribution in [-0.2, 0) is 9.84 Å². The molecular formula is C6H14F2N2O2S. The number of hydrogen-bond acceptors (Lipinski definition) is 4. The highest BCUT2D eigenvalue weighted by Crippen LogP contribution is 2.07. The first-order valence-electron chi connectivity index (χ1n) is 3.79. The van der Waals surface area contributed by atoms with Crippen LogP contribution in [0.3, 0.4) is 0 Å². The standard InChI is InChI=1S/C6H14F2N2O2S/c1-13(11,12)4-2-3-5(10-9)6(7)8/h5-6,10H,2-4,9H2,1H3. The molecule has 0 bridgehead atoms. The van der Waals surface area contributed by atoms with Crippen LogP contribution in [0.4, 0.5) is 8.78 Å². The fourth-order valence-electron chi connectivity index (χ4n) is 0.847. The molecule has 0 aliphatic heterocycles. The van der Waals surface area contributed by atoms with Crippen molar-refractivity contribution in [2.45, 2.75) is 25.3 Å². The maximum atomic E-state index is 12.0. The zero-order valence-electron chi connectivity index (χ0n) is 7.33. The highest BCUT2D eigenvalue weighted by molar-refractivity contribution is 7.90. The second-order valence-corrected chi connectivity index (χ2v) is 5.14. The molecule has 0 rings (SSSR count). The number of rotatable bonds is 6. The van der Waals surface area contributed by atoms with Crippen molar-refractivity contribution >= 4 is 9.84 Å². The first-order chi connectivity index (χ1) is 5.87. The van der Waals surface area contributed by atoms with E-state index < -0.39 is 22.3 Å². The summed E-state index contributed by atoms with van der Waals surface area (Å²) in [5, 5.41) is 0. The lowest BCUT2D eigenvalue weighted by Crippen LogP contribution is -2.40. The molecule has 0 fully saturated rings. The summed E-state index contributed by atoms with van der Waals surface area (Å²) in [4.78, 5) is 0. The Morgan fingerprint density at radius 1 is 1.46 bits per heavy atom. The number of alkyl halides is 2. The van der Waals surface area contributed by atoms with Gasteiger partial charge >= 0.3 is 0 Å². The molecule has 4 nitrogen and oxygen atoms in total. The van der Waals surface area contributed by atoms with Gasteiger partial charge in [-0.25, -0.2) is 17.2 Å². The summed E-state index contributed by atoms with van der Waals surface area (Å²) in [5.74, 6) is 4.76. The fourth-order valence-corrected chi connectivity index (χ4v) is 1.54. The summed E-state index contributed by atoms with van der Waals surface area (Å²) in [6.45, 7) is 0. The average Bonchev–Trinajstić information content (AvgIpc) is 1.95. The second-order valence-electron chi connectivity index (χ2n) is 2.88. The van der Waals surface area contributed by atoms with Gasteiger partial charge in [-0.3, -0.25) is 11.3 Å². The predicted octanol–water partition coefficient (Wildman–Crippen LogP) is -0.0918. The molecular weight excluding hydrogens is 202 g/mol. The quantitative estimate of drug-likeness (QED) is 0.480. The van der Waals surface area contributed by atoms with Gasteiger partial charge in [-0.1, -0.05) is 0 Å². The summed E-state index contributed by atoms with van der Waals surface area (Å²) in [7, 11) is -3.07. The third kappa shape index (κ3) is 6.85. The zero-order valence-corrected chi connectivity index (χ0v) is 8.15. The topological polar surface area (TPSA) is 72.2 Å². The van der Waals surface area contributed by atoms with E-state index in [-0.39, 0.29) is 18.6 Å². The number of halogens is 2. The first kappa shape index (κ1) is 12.7. The Morgan fingerprint density at radius 2 is 2.00 bits per heavy atom. The van der Waals surface area contributed by atoms with Crippen molar-refractivity contribution in [1.29, 1.82) is 0 Å². The van der Waals surface area contributed by atoms with Crippen molar-refractivity contribution in [3.63, 3.8) is 0 Å². The maximum absolute atomic E-state index is 12.0. The number of hydrogen-bond donors (Lipinski definition) is 2. The summed E-state index contributed by atoms with van der Waals surface area (Å²) >= 11 is 0. The van der Waals surface area contributed by atoms with E-state index in [1.54, 1.807) is 0 Å². The normalized spacial score (nSPS) is 14.8. The summed E-state index contributed by atoms with van der Waals surface area (Å²) in [5.41, 5.74) is 1.94. The SMILES string of the molecule is CS(=O)(=O)CCCC(NN)C(F)F. The Bertz CT molecular complexity index is 231. The first-order valence-corrected chi connectivity index (χ1v) is 5.85. The van der Waals surface area contributed by atoms with Gasteiger partial charge in [0.1, 0.15) is 9.84 Å². The Morgan fingerprint density at radius 3 is 2.31 bits per heavy atom. The van der Waals surface area contributed by atoms with E-state index in [2.05, 4.69) is 0 Å². The van der Waals surface area contributed by atoms with Crippen molar-refractivity contribution in [3.05, 3.63) is 0 Å². The summed E-state index contributed by atoms with van der Waals surface area (Å²) in [6, 6.07) is -1.12. The van der Waals surface area contributed by atoms with E-state index in [9.17, 15) is 17.2 Å². The van der Waals surface area contributed by atoms with Gasteiger partial charge in [0.05, 0.1) is 6.04 Å². The van der Waals surface area contributed by atoms with E-state index in [4.69, 9.17) is 5.84 Å². The fraction of sp³-hybridized carbons (Fsp3) is 1.00. The molecule has 7 heteroatoms. The second kappa shape index (κ2) is 5.46. The minimum Gasteiger partial charge on any atom is -0.271 e. The lowest BCUT2D eigenvalue weighted by molar-refractivity contribution is 0.0940. The third-order valence-corrected chi connectivity index (χ3v) is 2.58. The molecule has 0 aliphatic carbocycles. The van der Waals surface area contributed by atoms with Gasteiger partial charge in [-0.05, 0) is 12.8 Å². The van der Waals surface area contributed by atoms with Crippen LogP contribution in [0.25, 0.3) is 0 Å². The molecule has 0 saturated heterocycles. The maximum Gasteiger partial charge on any atom is 0.255 e. The van der Waals surface area contributed by atoms with E-state index in [0.29, 0.717) is 0 Å². The van der Waals surface area contributed by atoms with Gasteiger partial charge < -0.3 is 0 Å². The number of hydrazine groups is 1. The highest BCUT2D eigenvalue weighted by atomic mass is 32.2.